The number of furan rings is 1. The molecule has 0 unspecified atom stereocenters. The van der Waals surface area contributed by atoms with Crippen LogP contribution in [0.1, 0.15) is 11.3 Å². The minimum Gasteiger partial charge on any atom is -0.457 e. The first-order valence-corrected chi connectivity index (χ1v) is 10.5. The smallest absolute Gasteiger partial charge is 0.293 e. The highest BCUT2D eigenvalue weighted by atomic mass is 32.2. The van der Waals surface area contributed by atoms with Crippen LogP contribution in [-0.2, 0) is 11.3 Å². The lowest BCUT2D eigenvalue weighted by Crippen LogP contribution is -2.27. The van der Waals surface area contributed by atoms with Gasteiger partial charge in [0.05, 0.1) is 11.4 Å². The topological polar surface area (TPSA) is 50.5 Å². The Hall–Kier alpha value is -3.64. The van der Waals surface area contributed by atoms with E-state index >= 15 is 0 Å². The lowest BCUT2D eigenvalue weighted by Gasteiger charge is -2.13. The average molecular weight is 429 g/mol. The molecule has 0 radical (unpaired) electrons. The van der Waals surface area contributed by atoms with Crippen LogP contribution in [0.15, 0.2) is 88.2 Å². The van der Waals surface area contributed by atoms with Crippen LogP contribution in [0.2, 0.25) is 0 Å². The summed E-state index contributed by atoms with van der Waals surface area (Å²) in [6, 6.07) is 23.3. The second kappa shape index (κ2) is 7.89. The van der Waals surface area contributed by atoms with Crippen LogP contribution >= 0.6 is 11.8 Å². The number of thioether (sulfide) groups is 1. The Morgan fingerprint density at radius 1 is 0.903 bits per heavy atom. The Bertz CT molecular complexity index is 1340. The molecule has 0 N–H and O–H groups in total. The highest BCUT2D eigenvalue weighted by Gasteiger charge is 2.35. The van der Waals surface area contributed by atoms with Crippen molar-refractivity contribution < 1.29 is 18.4 Å². The first-order valence-electron chi connectivity index (χ1n) is 9.66. The molecule has 0 saturated carbocycles. The van der Waals surface area contributed by atoms with E-state index in [2.05, 4.69) is 0 Å². The summed E-state index contributed by atoms with van der Waals surface area (Å²) in [5, 5.41) is 1.86. The molecule has 1 aliphatic heterocycles. The van der Waals surface area contributed by atoms with Gasteiger partial charge in [-0.15, -0.1) is 0 Å². The first-order chi connectivity index (χ1) is 15.1. The summed E-state index contributed by atoms with van der Waals surface area (Å²) < 4.78 is 18.9. The molecular weight excluding hydrogens is 413 g/mol. The van der Waals surface area contributed by atoms with Crippen molar-refractivity contribution in [3.05, 3.63) is 101 Å². The molecule has 152 valence electrons. The normalized spacial score (nSPS) is 15.4. The summed E-state index contributed by atoms with van der Waals surface area (Å²) in [5.74, 6) is 0.343. The molecule has 0 atom stereocenters. The Labute approximate surface area is 182 Å². The number of benzene rings is 3. The van der Waals surface area contributed by atoms with Crippen LogP contribution in [0.3, 0.4) is 0 Å². The van der Waals surface area contributed by atoms with Crippen LogP contribution in [-0.4, -0.2) is 16.0 Å². The number of nitrogens with zero attached hydrogens (tertiary/aromatic N) is 1. The average Bonchev–Trinajstić information content (AvgIpc) is 3.34. The minimum atomic E-state index is -0.345. The summed E-state index contributed by atoms with van der Waals surface area (Å²) in [7, 11) is 0. The number of rotatable bonds is 4. The van der Waals surface area contributed by atoms with Gasteiger partial charge in [-0.1, -0.05) is 36.4 Å². The summed E-state index contributed by atoms with van der Waals surface area (Å²) >= 11 is 0.895. The molecule has 4 aromatic rings. The molecule has 31 heavy (non-hydrogen) atoms. The lowest BCUT2D eigenvalue weighted by molar-refractivity contribution is -0.123. The lowest BCUT2D eigenvalue weighted by atomic mass is 10.1. The zero-order valence-corrected chi connectivity index (χ0v) is 17.1. The van der Waals surface area contributed by atoms with Gasteiger partial charge in [0.2, 0.25) is 0 Å². The van der Waals surface area contributed by atoms with Gasteiger partial charge in [-0.3, -0.25) is 14.5 Å². The van der Waals surface area contributed by atoms with E-state index in [4.69, 9.17) is 4.42 Å². The number of hydrogen-bond acceptors (Lipinski definition) is 4. The molecule has 6 heteroatoms. The molecule has 1 saturated heterocycles. The van der Waals surface area contributed by atoms with Crippen LogP contribution in [0.4, 0.5) is 9.18 Å². The van der Waals surface area contributed by atoms with E-state index in [0.717, 1.165) is 33.7 Å². The van der Waals surface area contributed by atoms with E-state index < -0.39 is 0 Å². The third kappa shape index (κ3) is 3.90. The van der Waals surface area contributed by atoms with E-state index in [-0.39, 0.29) is 23.5 Å². The van der Waals surface area contributed by atoms with Gasteiger partial charge in [0, 0.05) is 11.6 Å². The second-order valence-electron chi connectivity index (χ2n) is 7.16. The van der Waals surface area contributed by atoms with Gasteiger partial charge in [-0.25, -0.2) is 4.39 Å². The van der Waals surface area contributed by atoms with Gasteiger partial charge in [-0.2, -0.15) is 0 Å². The van der Waals surface area contributed by atoms with E-state index in [1.807, 2.05) is 42.5 Å². The summed E-state index contributed by atoms with van der Waals surface area (Å²) in [4.78, 5) is 26.9. The van der Waals surface area contributed by atoms with Crippen molar-refractivity contribution in [2.24, 2.45) is 0 Å². The molecule has 4 nitrogen and oxygen atoms in total. The first kappa shape index (κ1) is 19.3. The Balaban J connectivity index is 1.36. The zero-order chi connectivity index (χ0) is 21.4. The van der Waals surface area contributed by atoms with Gasteiger partial charge < -0.3 is 4.42 Å². The summed E-state index contributed by atoms with van der Waals surface area (Å²) in [6.45, 7) is 0.214. The molecule has 1 fully saturated rings. The van der Waals surface area contributed by atoms with Gasteiger partial charge >= 0.3 is 0 Å². The van der Waals surface area contributed by atoms with Crippen molar-refractivity contribution in [1.82, 2.24) is 4.90 Å². The van der Waals surface area contributed by atoms with E-state index in [1.165, 1.54) is 17.0 Å². The standard InChI is InChI=1S/C25H16FNO3S/c26-20-9-7-18(8-10-20)22-12-11-21(30-22)14-23-24(28)27(25(29)31-23)15-16-5-6-17-3-1-2-4-19(17)13-16/h1-14H,15H2/b23-14-. The summed E-state index contributed by atoms with van der Waals surface area (Å²) in [5.41, 5.74) is 1.62. The second-order valence-corrected chi connectivity index (χ2v) is 8.15. The number of hydrogen-bond donors (Lipinski definition) is 0. The molecule has 5 rings (SSSR count). The number of halogens is 1. The number of imide groups is 1. The zero-order valence-electron chi connectivity index (χ0n) is 16.2. The quantitative estimate of drug-likeness (QED) is 0.349. The van der Waals surface area contributed by atoms with Crippen LogP contribution in [0.5, 0.6) is 0 Å². The Kier molecular flexibility index (Phi) is 4.92. The highest BCUT2D eigenvalue weighted by molar-refractivity contribution is 8.18. The van der Waals surface area contributed by atoms with Gasteiger partial charge in [0.15, 0.2) is 0 Å². The molecular formula is C25H16FNO3S. The van der Waals surface area contributed by atoms with E-state index in [0.29, 0.717) is 16.4 Å². The van der Waals surface area contributed by atoms with Crippen molar-refractivity contribution in [3.8, 4) is 11.3 Å². The van der Waals surface area contributed by atoms with E-state index in [1.54, 1.807) is 30.3 Å². The van der Waals surface area contributed by atoms with Gasteiger partial charge in [0.25, 0.3) is 11.1 Å². The fraction of sp³-hybridized carbons (Fsp3) is 0.0400. The van der Waals surface area contributed by atoms with Gasteiger partial charge in [0.1, 0.15) is 17.3 Å². The van der Waals surface area contributed by atoms with Crippen LogP contribution in [0, 0.1) is 5.82 Å². The monoisotopic (exact) mass is 429 g/mol. The van der Waals surface area contributed by atoms with Crippen molar-refractivity contribution in [2.75, 3.05) is 0 Å². The maximum absolute atomic E-state index is 13.1. The van der Waals surface area contributed by atoms with E-state index in [9.17, 15) is 14.0 Å². The third-order valence-corrected chi connectivity index (χ3v) is 5.96. The number of amides is 2. The minimum absolute atomic E-state index is 0.214. The third-order valence-electron chi connectivity index (χ3n) is 5.06. The Morgan fingerprint density at radius 3 is 2.48 bits per heavy atom. The highest BCUT2D eigenvalue weighted by Crippen LogP contribution is 2.34. The molecule has 3 aromatic carbocycles. The molecule has 1 aliphatic rings. The van der Waals surface area contributed by atoms with Crippen molar-refractivity contribution in [3.63, 3.8) is 0 Å². The largest absolute Gasteiger partial charge is 0.457 e. The molecule has 1 aromatic heterocycles. The summed E-state index contributed by atoms with van der Waals surface area (Å²) in [6.07, 6.45) is 1.57. The van der Waals surface area contributed by atoms with Crippen molar-refractivity contribution >= 4 is 39.8 Å². The molecule has 0 aliphatic carbocycles. The number of fused-ring (bicyclic) bond motifs is 1. The number of carbonyl (C=O) groups is 2. The van der Waals surface area contributed by atoms with Crippen LogP contribution in [0.25, 0.3) is 28.2 Å². The molecule has 2 heterocycles. The van der Waals surface area contributed by atoms with Crippen molar-refractivity contribution in [2.45, 2.75) is 6.54 Å². The fourth-order valence-corrected chi connectivity index (χ4v) is 4.30. The van der Waals surface area contributed by atoms with Crippen molar-refractivity contribution in [1.29, 1.82) is 0 Å². The molecule has 0 bridgehead atoms. The SMILES string of the molecule is O=C1S/C(=C\c2ccc(-c3ccc(F)cc3)o2)C(=O)N1Cc1ccc2ccccc2c1. The molecule has 0 spiro atoms. The van der Waals surface area contributed by atoms with Gasteiger partial charge in [-0.05, 0) is 70.6 Å². The maximum atomic E-state index is 13.1. The van der Waals surface area contributed by atoms with Crippen LogP contribution < -0.4 is 0 Å². The predicted octanol–water partition coefficient (Wildman–Crippen LogP) is 6.48. The molecule has 2 amide bonds. The fourth-order valence-electron chi connectivity index (χ4n) is 3.48. The predicted molar refractivity (Wildman–Crippen MR) is 120 cm³/mol. The Morgan fingerprint density at radius 2 is 1.68 bits per heavy atom. The maximum Gasteiger partial charge on any atom is 0.293 e. The number of carbonyl (C=O) groups excluding carboxylic acids is 2.